The fraction of sp³-hybridized carbons (Fsp3) is 0.292. The summed E-state index contributed by atoms with van der Waals surface area (Å²) in [6.07, 6.45) is 4.55. The molecule has 3 heterocycles. The fourth-order valence-corrected chi connectivity index (χ4v) is 5.02. The van der Waals surface area contributed by atoms with Crippen LogP contribution in [-0.2, 0) is 4.79 Å². The topological polar surface area (TPSA) is 102 Å². The Balaban J connectivity index is 1.55. The third-order valence-electron chi connectivity index (χ3n) is 6.38. The number of halogens is 1. The number of carbonyl (C=O) groups is 1. The second-order valence-corrected chi connectivity index (χ2v) is 8.36. The van der Waals surface area contributed by atoms with Crippen LogP contribution in [0.15, 0.2) is 36.5 Å². The molecule has 32 heavy (non-hydrogen) atoms. The van der Waals surface area contributed by atoms with E-state index in [0.29, 0.717) is 39.9 Å². The van der Waals surface area contributed by atoms with Gasteiger partial charge in [-0.05, 0) is 48.1 Å². The summed E-state index contributed by atoms with van der Waals surface area (Å²) < 4.78 is 19.5. The molecule has 0 bridgehead atoms. The van der Waals surface area contributed by atoms with Gasteiger partial charge < -0.3 is 14.8 Å². The van der Waals surface area contributed by atoms with Crippen molar-refractivity contribution in [2.24, 2.45) is 11.8 Å². The van der Waals surface area contributed by atoms with Crippen LogP contribution >= 0.6 is 0 Å². The standard InChI is InChI=1S/C24H21FN4O3/c1-32-21-3-2-17(25)6-18(21)23-16(8-26)9-27-24-19(23)7-20(28-24)13-4-14-10-29(12-22(30)31)11-15(14)5-13/h2-4,6-7,9,14-15H,5,10-12H2,1H3,(H,27,28)(H,30,31). The van der Waals surface area contributed by atoms with E-state index in [1.54, 1.807) is 6.07 Å². The molecular weight excluding hydrogens is 411 g/mol. The van der Waals surface area contributed by atoms with Crippen molar-refractivity contribution in [3.8, 4) is 22.9 Å². The summed E-state index contributed by atoms with van der Waals surface area (Å²) in [5, 5.41) is 19.5. The molecule has 8 heteroatoms. The summed E-state index contributed by atoms with van der Waals surface area (Å²) >= 11 is 0. The first-order valence-electron chi connectivity index (χ1n) is 10.4. The number of rotatable bonds is 5. The smallest absolute Gasteiger partial charge is 0.317 e. The van der Waals surface area contributed by atoms with Crippen molar-refractivity contribution in [3.63, 3.8) is 0 Å². The molecule has 3 aromatic rings. The second-order valence-electron chi connectivity index (χ2n) is 8.36. The summed E-state index contributed by atoms with van der Waals surface area (Å²) in [6.45, 7) is 1.57. The van der Waals surface area contributed by atoms with Gasteiger partial charge in [0, 0.05) is 41.5 Å². The lowest BCUT2D eigenvalue weighted by atomic mass is 9.97. The molecule has 0 radical (unpaired) electrons. The molecule has 1 fully saturated rings. The molecule has 0 amide bonds. The largest absolute Gasteiger partial charge is 0.496 e. The summed E-state index contributed by atoms with van der Waals surface area (Å²) in [5.74, 6) is -0.0271. The SMILES string of the molecule is COc1ccc(F)cc1-c1c(C#N)cnc2[nH]c(C3=CC4CN(CC(=O)O)CC4C3)cc12. The molecule has 162 valence electrons. The van der Waals surface area contributed by atoms with Crippen LogP contribution in [0.2, 0.25) is 0 Å². The number of hydrogen-bond acceptors (Lipinski definition) is 5. The molecule has 5 rings (SSSR count). The van der Waals surface area contributed by atoms with E-state index >= 15 is 0 Å². The number of aromatic amines is 1. The van der Waals surface area contributed by atoms with E-state index in [1.807, 2.05) is 11.0 Å². The highest BCUT2D eigenvalue weighted by Crippen LogP contribution is 2.43. The van der Waals surface area contributed by atoms with E-state index in [2.05, 4.69) is 22.1 Å². The summed E-state index contributed by atoms with van der Waals surface area (Å²) in [4.78, 5) is 20.7. The van der Waals surface area contributed by atoms with Crippen LogP contribution in [0.4, 0.5) is 4.39 Å². The lowest BCUT2D eigenvalue weighted by Gasteiger charge is -2.13. The first-order chi connectivity index (χ1) is 15.5. The Labute approximate surface area is 183 Å². The third kappa shape index (κ3) is 3.41. The summed E-state index contributed by atoms with van der Waals surface area (Å²) in [6, 6.07) is 8.38. The van der Waals surface area contributed by atoms with Gasteiger partial charge in [-0.15, -0.1) is 0 Å². The normalized spacial score (nSPS) is 20.2. The molecule has 2 unspecified atom stereocenters. The van der Waals surface area contributed by atoms with Crippen LogP contribution in [0.25, 0.3) is 27.7 Å². The van der Waals surface area contributed by atoms with Crippen LogP contribution in [0.5, 0.6) is 5.75 Å². The Bertz CT molecular complexity index is 1310. The van der Waals surface area contributed by atoms with Gasteiger partial charge >= 0.3 is 5.97 Å². The van der Waals surface area contributed by atoms with Crippen molar-refractivity contribution in [1.82, 2.24) is 14.9 Å². The quantitative estimate of drug-likeness (QED) is 0.638. The average molecular weight is 432 g/mol. The summed E-state index contributed by atoms with van der Waals surface area (Å²) in [5.41, 5.74) is 4.12. The molecular formula is C24H21FN4O3. The van der Waals surface area contributed by atoms with Crippen LogP contribution in [0.1, 0.15) is 17.7 Å². The minimum absolute atomic E-state index is 0.0717. The van der Waals surface area contributed by atoms with Gasteiger partial charge in [-0.1, -0.05) is 6.08 Å². The van der Waals surface area contributed by atoms with Crippen molar-refractivity contribution in [3.05, 3.63) is 53.6 Å². The van der Waals surface area contributed by atoms with Crippen LogP contribution < -0.4 is 4.74 Å². The van der Waals surface area contributed by atoms with Crippen LogP contribution in [0.3, 0.4) is 0 Å². The molecule has 2 atom stereocenters. The van der Waals surface area contributed by atoms with Gasteiger partial charge in [0.1, 0.15) is 23.3 Å². The first-order valence-corrected chi connectivity index (χ1v) is 10.4. The van der Waals surface area contributed by atoms with E-state index in [9.17, 15) is 14.4 Å². The minimum atomic E-state index is -0.801. The van der Waals surface area contributed by atoms with Crippen molar-refractivity contribution in [1.29, 1.82) is 5.26 Å². The number of carboxylic acids is 1. The lowest BCUT2D eigenvalue weighted by molar-refractivity contribution is -0.138. The van der Waals surface area contributed by atoms with E-state index in [1.165, 1.54) is 25.4 Å². The first kappa shape index (κ1) is 20.2. The number of benzene rings is 1. The zero-order valence-electron chi connectivity index (χ0n) is 17.4. The van der Waals surface area contributed by atoms with E-state index in [4.69, 9.17) is 9.84 Å². The highest BCUT2D eigenvalue weighted by atomic mass is 19.1. The number of nitriles is 1. The Kier molecular flexibility index (Phi) is 4.91. The van der Waals surface area contributed by atoms with Gasteiger partial charge in [0.2, 0.25) is 0 Å². The number of carboxylic acid groups (broad SMARTS) is 1. The maximum Gasteiger partial charge on any atom is 0.317 e. The number of hydrogen-bond donors (Lipinski definition) is 2. The number of nitrogens with one attached hydrogen (secondary N) is 1. The molecule has 1 aromatic carbocycles. The fourth-order valence-electron chi connectivity index (χ4n) is 5.02. The molecule has 2 N–H and O–H groups in total. The monoisotopic (exact) mass is 432 g/mol. The number of ether oxygens (including phenoxy) is 1. The molecule has 7 nitrogen and oxygen atoms in total. The third-order valence-corrected chi connectivity index (χ3v) is 6.38. The average Bonchev–Trinajstić information content (AvgIpc) is 3.45. The van der Waals surface area contributed by atoms with Crippen LogP contribution in [-0.4, -0.2) is 52.7 Å². The van der Waals surface area contributed by atoms with Gasteiger partial charge in [-0.25, -0.2) is 9.37 Å². The van der Waals surface area contributed by atoms with E-state index in [-0.39, 0.29) is 6.54 Å². The number of fused-ring (bicyclic) bond motifs is 2. The number of H-pyrrole nitrogens is 1. The van der Waals surface area contributed by atoms with Gasteiger partial charge in [0.15, 0.2) is 0 Å². The maximum absolute atomic E-state index is 14.1. The van der Waals surface area contributed by atoms with Crippen molar-refractivity contribution in [2.45, 2.75) is 6.42 Å². The van der Waals surface area contributed by atoms with E-state index < -0.39 is 11.8 Å². The van der Waals surface area contributed by atoms with Crippen molar-refractivity contribution in [2.75, 3.05) is 26.7 Å². The molecule has 2 aromatic heterocycles. The zero-order valence-corrected chi connectivity index (χ0v) is 17.4. The maximum atomic E-state index is 14.1. The second kappa shape index (κ2) is 7.77. The number of allylic oxidation sites excluding steroid dienone is 1. The van der Waals surface area contributed by atoms with E-state index in [0.717, 1.165) is 36.2 Å². The number of aliphatic carboxylic acids is 1. The Morgan fingerprint density at radius 1 is 1.41 bits per heavy atom. The van der Waals surface area contributed by atoms with Crippen molar-refractivity contribution < 1.29 is 19.0 Å². The predicted octanol–water partition coefficient (Wildman–Crippen LogP) is 3.67. The highest BCUT2D eigenvalue weighted by molar-refractivity contribution is 5.99. The molecule has 1 saturated heterocycles. The summed E-state index contributed by atoms with van der Waals surface area (Å²) in [7, 11) is 1.51. The highest BCUT2D eigenvalue weighted by Gasteiger charge is 2.37. The molecule has 1 aliphatic carbocycles. The Morgan fingerprint density at radius 3 is 2.97 bits per heavy atom. The van der Waals surface area contributed by atoms with Crippen molar-refractivity contribution >= 4 is 22.6 Å². The van der Waals surface area contributed by atoms with Gasteiger partial charge in [-0.3, -0.25) is 9.69 Å². The zero-order chi connectivity index (χ0) is 22.4. The predicted molar refractivity (Wildman–Crippen MR) is 116 cm³/mol. The molecule has 1 aliphatic heterocycles. The Hall–Kier alpha value is -3.70. The number of methoxy groups -OCH3 is 1. The molecule has 2 aliphatic rings. The minimum Gasteiger partial charge on any atom is -0.496 e. The number of aromatic nitrogens is 2. The lowest BCUT2D eigenvalue weighted by Crippen LogP contribution is -2.28. The number of pyridine rings is 1. The van der Waals surface area contributed by atoms with Gasteiger partial charge in [0.05, 0.1) is 19.2 Å². The molecule has 0 spiro atoms. The number of likely N-dealkylation sites (tertiary alicyclic amines) is 1. The molecule has 0 saturated carbocycles. The van der Waals surface area contributed by atoms with Crippen LogP contribution in [0, 0.1) is 29.0 Å². The van der Waals surface area contributed by atoms with Gasteiger partial charge in [-0.2, -0.15) is 5.26 Å². The number of nitrogens with zero attached hydrogens (tertiary/aromatic N) is 3. The Morgan fingerprint density at radius 2 is 2.25 bits per heavy atom. The van der Waals surface area contributed by atoms with Gasteiger partial charge in [0.25, 0.3) is 0 Å².